The minimum absolute atomic E-state index is 0.0405. The molecule has 0 atom stereocenters. The molecule has 0 aromatic rings. The Kier molecular flexibility index (Phi) is 9.77. The predicted molar refractivity (Wildman–Crippen MR) is 96.5 cm³/mol. The van der Waals surface area contributed by atoms with Crippen molar-refractivity contribution >= 4 is 23.2 Å². The first-order valence-electron chi connectivity index (χ1n) is 9.04. The van der Waals surface area contributed by atoms with Crippen molar-refractivity contribution in [3.05, 3.63) is 22.7 Å². The van der Waals surface area contributed by atoms with E-state index in [9.17, 15) is 19.8 Å². The van der Waals surface area contributed by atoms with Gasteiger partial charge >= 0.3 is 0 Å². The number of hydrogen-bond donors (Lipinski definition) is 2. The summed E-state index contributed by atoms with van der Waals surface area (Å²) < 4.78 is 0. The number of carbonyl (C=O) groups excluding carboxylic acids is 2. The minimum Gasteiger partial charge on any atom is -0.504 e. The van der Waals surface area contributed by atoms with E-state index in [1.165, 1.54) is 38.5 Å². The third kappa shape index (κ3) is 5.97. The lowest BCUT2D eigenvalue weighted by atomic mass is 9.89. The van der Waals surface area contributed by atoms with Gasteiger partial charge in [-0.05, 0) is 19.3 Å². The number of aliphatic hydroxyl groups excluding tert-OH is 2. The summed E-state index contributed by atoms with van der Waals surface area (Å²) in [6.45, 7) is 2.20. The van der Waals surface area contributed by atoms with Crippen molar-refractivity contribution in [1.82, 2.24) is 0 Å². The van der Waals surface area contributed by atoms with E-state index in [4.69, 9.17) is 11.6 Å². The lowest BCUT2D eigenvalue weighted by Crippen LogP contribution is -2.24. The third-order valence-corrected chi connectivity index (χ3v) is 4.61. The fourth-order valence-electron chi connectivity index (χ4n) is 2.95. The molecule has 4 nitrogen and oxygen atoms in total. The number of unbranched alkanes of at least 4 members (excludes halogenated alkanes) is 8. The molecular formula is C19H29ClO4. The van der Waals surface area contributed by atoms with Crippen LogP contribution in [0.4, 0.5) is 0 Å². The molecule has 0 aromatic heterocycles. The van der Waals surface area contributed by atoms with Crippen LogP contribution < -0.4 is 0 Å². The second-order valence-corrected chi connectivity index (χ2v) is 6.71. The average molecular weight is 357 g/mol. The number of halogens is 1. The number of rotatable bonds is 12. The monoisotopic (exact) mass is 356 g/mol. The number of Topliss-reactive ketones (excluding diaryl/α,β-unsaturated/α-hetero) is 2. The fourth-order valence-corrected chi connectivity index (χ4v) is 3.13. The highest BCUT2D eigenvalue weighted by molar-refractivity contribution is 6.24. The zero-order chi connectivity index (χ0) is 17.9. The summed E-state index contributed by atoms with van der Waals surface area (Å²) in [5.74, 6) is -2.26. The van der Waals surface area contributed by atoms with Crippen LogP contribution in [-0.2, 0) is 9.59 Å². The fraction of sp³-hybridized carbons (Fsp3) is 0.684. The predicted octanol–water partition coefficient (Wildman–Crippen LogP) is 5.31. The highest BCUT2D eigenvalue weighted by atomic mass is 35.5. The van der Waals surface area contributed by atoms with Crippen molar-refractivity contribution in [3.63, 3.8) is 0 Å². The SMILES string of the molecule is CCCCCCCCCCCC1=C(O)C(=O)C(CCCl)=C(O)C1=O. The number of carbonyl (C=O) groups is 2. The van der Waals surface area contributed by atoms with Crippen molar-refractivity contribution in [2.45, 2.75) is 77.6 Å². The van der Waals surface area contributed by atoms with Gasteiger partial charge in [-0.25, -0.2) is 0 Å². The molecule has 0 spiro atoms. The zero-order valence-corrected chi connectivity index (χ0v) is 15.3. The van der Waals surface area contributed by atoms with Crippen LogP contribution in [0.15, 0.2) is 22.7 Å². The van der Waals surface area contributed by atoms with Gasteiger partial charge in [0.2, 0.25) is 11.6 Å². The Hall–Kier alpha value is -1.29. The quantitative estimate of drug-likeness (QED) is 0.282. The Morgan fingerprint density at radius 3 is 1.58 bits per heavy atom. The Morgan fingerprint density at radius 1 is 0.708 bits per heavy atom. The van der Waals surface area contributed by atoms with Gasteiger partial charge < -0.3 is 10.2 Å². The van der Waals surface area contributed by atoms with Gasteiger partial charge in [-0.3, -0.25) is 9.59 Å². The van der Waals surface area contributed by atoms with Gasteiger partial charge in [0.15, 0.2) is 11.5 Å². The van der Waals surface area contributed by atoms with E-state index < -0.39 is 23.1 Å². The smallest absolute Gasteiger partial charge is 0.227 e. The first-order valence-corrected chi connectivity index (χ1v) is 9.57. The van der Waals surface area contributed by atoms with Crippen molar-refractivity contribution in [1.29, 1.82) is 0 Å². The maximum Gasteiger partial charge on any atom is 0.227 e. The van der Waals surface area contributed by atoms with E-state index in [1.807, 2.05) is 0 Å². The van der Waals surface area contributed by atoms with E-state index in [2.05, 4.69) is 6.92 Å². The van der Waals surface area contributed by atoms with Crippen LogP contribution in [0.25, 0.3) is 0 Å². The van der Waals surface area contributed by atoms with E-state index in [1.54, 1.807) is 0 Å². The molecule has 0 saturated heterocycles. The average Bonchev–Trinajstić information content (AvgIpc) is 2.58. The number of aliphatic hydroxyl groups is 2. The van der Waals surface area contributed by atoms with Gasteiger partial charge in [0, 0.05) is 11.5 Å². The van der Waals surface area contributed by atoms with Gasteiger partial charge in [0.25, 0.3) is 0 Å². The van der Waals surface area contributed by atoms with Gasteiger partial charge in [-0.1, -0.05) is 58.3 Å². The Morgan fingerprint density at radius 2 is 1.12 bits per heavy atom. The third-order valence-electron chi connectivity index (χ3n) is 4.42. The number of hydrogen-bond acceptors (Lipinski definition) is 4. The molecule has 0 aliphatic heterocycles. The lowest BCUT2D eigenvalue weighted by molar-refractivity contribution is -0.120. The van der Waals surface area contributed by atoms with Crippen molar-refractivity contribution < 1.29 is 19.8 Å². The summed E-state index contributed by atoms with van der Waals surface area (Å²) in [5, 5.41) is 19.8. The first-order chi connectivity index (χ1) is 11.5. The molecular weight excluding hydrogens is 328 g/mol. The molecule has 0 unspecified atom stereocenters. The second-order valence-electron chi connectivity index (χ2n) is 6.33. The molecule has 0 radical (unpaired) electrons. The largest absolute Gasteiger partial charge is 0.504 e. The van der Waals surface area contributed by atoms with Crippen LogP contribution in [-0.4, -0.2) is 27.7 Å². The van der Waals surface area contributed by atoms with Gasteiger partial charge in [-0.2, -0.15) is 0 Å². The summed E-state index contributed by atoms with van der Waals surface area (Å²) >= 11 is 5.56. The summed E-state index contributed by atoms with van der Waals surface area (Å²) in [4.78, 5) is 24.1. The Balaban J connectivity index is 2.37. The van der Waals surface area contributed by atoms with Gasteiger partial charge in [0.05, 0.1) is 5.57 Å². The van der Waals surface area contributed by atoms with E-state index in [0.717, 1.165) is 19.3 Å². The summed E-state index contributed by atoms with van der Waals surface area (Å²) in [6, 6.07) is 0. The summed E-state index contributed by atoms with van der Waals surface area (Å²) in [5.41, 5.74) is -0.0397. The van der Waals surface area contributed by atoms with Crippen molar-refractivity contribution in [2.24, 2.45) is 0 Å². The maximum absolute atomic E-state index is 12.1. The van der Waals surface area contributed by atoms with Crippen molar-refractivity contribution in [2.75, 3.05) is 5.88 Å². The molecule has 5 heteroatoms. The molecule has 0 aromatic carbocycles. The Labute approximate surface area is 149 Å². The van der Waals surface area contributed by atoms with E-state index in [0.29, 0.717) is 6.42 Å². The molecule has 1 aliphatic rings. The molecule has 2 N–H and O–H groups in total. The zero-order valence-electron chi connectivity index (χ0n) is 14.6. The molecule has 0 amide bonds. The maximum atomic E-state index is 12.1. The topological polar surface area (TPSA) is 74.6 Å². The number of ketones is 2. The molecule has 1 aliphatic carbocycles. The minimum atomic E-state index is -0.668. The first kappa shape index (κ1) is 20.8. The summed E-state index contributed by atoms with van der Waals surface area (Å²) in [6.07, 6.45) is 10.7. The Bertz CT molecular complexity index is 505. The van der Waals surface area contributed by atoms with Crippen LogP contribution in [0.5, 0.6) is 0 Å². The van der Waals surface area contributed by atoms with Crippen LogP contribution in [0.3, 0.4) is 0 Å². The standard InChI is InChI=1S/C19H29ClO4/c1-2-3-4-5-6-7-8-9-10-11-14-16(21)18(23)15(12-13-20)19(24)17(14)22/h21,24H,2-13H2,1H3. The van der Waals surface area contributed by atoms with Crippen LogP contribution in [0.2, 0.25) is 0 Å². The molecule has 136 valence electrons. The lowest BCUT2D eigenvalue weighted by Gasteiger charge is -2.17. The molecule has 0 saturated carbocycles. The molecule has 0 heterocycles. The van der Waals surface area contributed by atoms with Gasteiger partial charge in [-0.15, -0.1) is 11.6 Å². The summed E-state index contributed by atoms with van der Waals surface area (Å²) in [7, 11) is 0. The van der Waals surface area contributed by atoms with Gasteiger partial charge in [0.1, 0.15) is 0 Å². The highest BCUT2D eigenvalue weighted by Crippen LogP contribution is 2.27. The van der Waals surface area contributed by atoms with Crippen LogP contribution in [0, 0.1) is 0 Å². The van der Waals surface area contributed by atoms with Crippen LogP contribution >= 0.6 is 11.6 Å². The van der Waals surface area contributed by atoms with Crippen LogP contribution in [0.1, 0.15) is 77.6 Å². The van der Waals surface area contributed by atoms with Crippen molar-refractivity contribution in [3.8, 4) is 0 Å². The van der Waals surface area contributed by atoms with E-state index in [-0.39, 0.29) is 23.4 Å². The number of allylic oxidation sites excluding steroid dienone is 2. The second kappa shape index (κ2) is 11.3. The number of alkyl halides is 1. The molecule has 0 bridgehead atoms. The van der Waals surface area contributed by atoms with E-state index >= 15 is 0 Å². The molecule has 24 heavy (non-hydrogen) atoms. The molecule has 0 fully saturated rings. The normalized spacial score (nSPS) is 15.6. The molecule has 1 rings (SSSR count). The highest BCUT2D eigenvalue weighted by Gasteiger charge is 2.33.